The van der Waals surface area contributed by atoms with Crippen molar-refractivity contribution in [2.45, 2.75) is 27.5 Å². The maximum absolute atomic E-state index is 13.6. The van der Waals surface area contributed by atoms with E-state index in [1.807, 2.05) is 0 Å². The van der Waals surface area contributed by atoms with Crippen LogP contribution in [-0.4, -0.2) is 66.5 Å². The lowest BCUT2D eigenvalue weighted by Gasteiger charge is -2.23. The summed E-state index contributed by atoms with van der Waals surface area (Å²) in [4.78, 5) is 29.0. The van der Waals surface area contributed by atoms with Crippen molar-refractivity contribution in [1.29, 1.82) is 0 Å². The maximum Gasteiger partial charge on any atom is 0.294 e. The van der Waals surface area contributed by atoms with Gasteiger partial charge in [-0.25, -0.2) is 8.42 Å². The number of sulfonamides is 1. The number of nitro groups is 3. The fraction of sp³-hybridized carbons (Fsp3) is 0.182. The van der Waals surface area contributed by atoms with Crippen molar-refractivity contribution < 1.29 is 49.1 Å². The van der Waals surface area contributed by atoms with E-state index in [4.69, 9.17) is 0 Å². The summed E-state index contributed by atoms with van der Waals surface area (Å²) >= 11 is 0. The summed E-state index contributed by atoms with van der Waals surface area (Å²) in [6, 6.07) is 8.28. The Hall–Kier alpha value is -4.41. The number of nitrogens with zero attached hydrogens (tertiary/aromatic N) is 4. The van der Waals surface area contributed by atoms with E-state index < -0.39 is 103 Å². The first kappa shape index (κ1) is 33.1. The van der Waals surface area contributed by atoms with Gasteiger partial charge >= 0.3 is 0 Å². The zero-order valence-electron chi connectivity index (χ0n) is 21.4. The van der Waals surface area contributed by atoms with Crippen LogP contribution < -0.4 is 0 Å². The minimum absolute atomic E-state index is 0.352. The van der Waals surface area contributed by atoms with E-state index in [1.165, 1.54) is 0 Å². The molecule has 0 unspecified atom stereocenters. The summed E-state index contributed by atoms with van der Waals surface area (Å²) in [5.74, 6) is 0. The predicted molar refractivity (Wildman–Crippen MR) is 145 cm³/mol. The van der Waals surface area contributed by atoms with Crippen LogP contribution >= 0.6 is 0 Å². The van der Waals surface area contributed by atoms with E-state index >= 15 is 0 Å². The molecule has 0 aliphatic carbocycles. The second-order valence-corrected chi connectivity index (χ2v) is 13.4. The molecule has 0 saturated carbocycles. The molecule has 0 heterocycles. The zero-order valence-corrected chi connectivity index (χ0v) is 23.9. The molecule has 3 aromatic rings. The van der Waals surface area contributed by atoms with Crippen molar-refractivity contribution in [1.82, 2.24) is 4.31 Å². The number of hydrogen-bond donors (Lipinski definition) is 2. The molecule has 0 saturated heterocycles. The van der Waals surface area contributed by atoms with Crippen LogP contribution in [0.2, 0.25) is 0 Å². The highest BCUT2D eigenvalue weighted by Crippen LogP contribution is 2.27. The van der Waals surface area contributed by atoms with Gasteiger partial charge < -0.3 is 0 Å². The third kappa shape index (κ3) is 7.91. The van der Waals surface area contributed by atoms with Crippen LogP contribution in [0.1, 0.15) is 11.1 Å². The molecule has 0 radical (unpaired) electrons. The molecule has 21 heteroatoms. The molecule has 18 nitrogen and oxygen atoms in total. The molecule has 43 heavy (non-hydrogen) atoms. The minimum Gasteiger partial charge on any atom is -0.282 e. The van der Waals surface area contributed by atoms with Gasteiger partial charge in [-0.3, -0.25) is 39.4 Å². The normalized spacial score (nSPS) is 12.3. The summed E-state index contributed by atoms with van der Waals surface area (Å²) in [5, 5.41) is 33.5. The first-order valence-electron chi connectivity index (χ1n) is 11.6. The minimum atomic E-state index is -4.93. The summed E-state index contributed by atoms with van der Waals surface area (Å²) in [7, 11) is -14.5. The summed E-state index contributed by atoms with van der Waals surface area (Å²) in [5.41, 5.74) is -2.32. The Bertz CT molecular complexity index is 1830. The van der Waals surface area contributed by atoms with E-state index in [-0.39, 0.29) is 11.1 Å². The summed E-state index contributed by atoms with van der Waals surface area (Å²) < 4.78 is 94.5. The molecule has 230 valence electrons. The molecule has 3 aromatic carbocycles. The van der Waals surface area contributed by atoms with Gasteiger partial charge in [0.2, 0.25) is 10.0 Å². The highest BCUT2D eigenvalue weighted by atomic mass is 32.2. The molecule has 0 spiro atoms. The average Bonchev–Trinajstić information content (AvgIpc) is 2.91. The molecule has 0 atom stereocenters. The summed E-state index contributed by atoms with van der Waals surface area (Å²) in [6.45, 7) is -1.28. The van der Waals surface area contributed by atoms with Crippen LogP contribution in [0.4, 0.5) is 17.1 Å². The number of nitro benzene ring substituents is 3. The second-order valence-electron chi connectivity index (χ2n) is 8.70. The molecule has 0 aromatic heterocycles. The molecule has 3 rings (SSSR count). The predicted octanol–water partition coefficient (Wildman–Crippen LogP) is 2.38. The number of rotatable bonds is 13. The highest BCUT2D eigenvalue weighted by Gasteiger charge is 2.28. The fourth-order valence-corrected chi connectivity index (χ4v) is 6.89. The quantitative estimate of drug-likeness (QED) is 0.151. The molecule has 2 N–H and O–H groups in total. The van der Waals surface area contributed by atoms with Gasteiger partial charge in [0.1, 0.15) is 0 Å². The lowest BCUT2D eigenvalue weighted by molar-refractivity contribution is -0.385. The maximum atomic E-state index is 13.6. The van der Waals surface area contributed by atoms with Gasteiger partial charge in [0, 0.05) is 49.5 Å². The third-order valence-electron chi connectivity index (χ3n) is 6.01. The van der Waals surface area contributed by atoms with Crippen molar-refractivity contribution in [2.24, 2.45) is 0 Å². The van der Waals surface area contributed by atoms with Crippen LogP contribution in [0.3, 0.4) is 0 Å². The largest absolute Gasteiger partial charge is 0.294 e. The van der Waals surface area contributed by atoms with E-state index in [0.717, 1.165) is 60.7 Å². The molecule has 0 aliphatic rings. The van der Waals surface area contributed by atoms with Crippen LogP contribution in [0.15, 0.2) is 75.4 Å². The van der Waals surface area contributed by atoms with E-state index in [0.29, 0.717) is 4.31 Å². The number of benzene rings is 3. The molecule has 0 aliphatic heterocycles. The lowest BCUT2D eigenvalue weighted by Crippen LogP contribution is -2.35. The Balaban J connectivity index is 2.09. The van der Waals surface area contributed by atoms with Crippen molar-refractivity contribution in [3.05, 3.63) is 102 Å². The van der Waals surface area contributed by atoms with Crippen molar-refractivity contribution in [3.63, 3.8) is 0 Å². The van der Waals surface area contributed by atoms with Gasteiger partial charge in [-0.1, -0.05) is 0 Å². The van der Waals surface area contributed by atoms with Gasteiger partial charge in [0.15, 0.2) is 0 Å². The van der Waals surface area contributed by atoms with Crippen LogP contribution in [0.25, 0.3) is 0 Å². The van der Waals surface area contributed by atoms with Crippen molar-refractivity contribution in [2.75, 3.05) is 13.1 Å². The Labute approximate surface area is 243 Å². The molecule has 0 bridgehead atoms. The van der Waals surface area contributed by atoms with Crippen molar-refractivity contribution >= 4 is 47.3 Å². The van der Waals surface area contributed by atoms with Gasteiger partial charge in [0.25, 0.3) is 37.3 Å². The Morgan fingerprint density at radius 1 is 0.581 bits per heavy atom. The highest BCUT2D eigenvalue weighted by molar-refractivity contribution is 7.89. The first-order valence-corrected chi connectivity index (χ1v) is 15.9. The summed E-state index contributed by atoms with van der Waals surface area (Å²) in [6.07, 6.45) is -1.10. The van der Waals surface area contributed by atoms with Gasteiger partial charge in [-0.05, 0) is 48.2 Å². The SMILES string of the molecule is O=[N+]([O-])c1ccc(S(=O)(=O)N(CCc2cc([N+](=O)[O-])ccc2S(=O)(=O)O)CCc2cc([N+](=O)[O-])ccc2S(=O)(=O)O)cc1. The average molecular weight is 661 g/mol. The zero-order chi connectivity index (χ0) is 32.3. The van der Waals surface area contributed by atoms with Gasteiger partial charge in [-0.15, -0.1) is 0 Å². The third-order valence-corrected chi connectivity index (χ3v) is 9.83. The van der Waals surface area contributed by atoms with Crippen molar-refractivity contribution in [3.8, 4) is 0 Å². The number of hydrogen-bond acceptors (Lipinski definition) is 12. The van der Waals surface area contributed by atoms with Gasteiger partial charge in [0.05, 0.1) is 29.5 Å². The van der Waals surface area contributed by atoms with E-state index in [2.05, 4.69) is 0 Å². The lowest BCUT2D eigenvalue weighted by atomic mass is 10.1. The topological polar surface area (TPSA) is 276 Å². The fourth-order valence-electron chi connectivity index (χ4n) is 3.98. The van der Waals surface area contributed by atoms with Crippen LogP contribution in [0.5, 0.6) is 0 Å². The second kappa shape index (κ2) is 12.4. The van der Waals surface area contributed by atoms with Gasteiger partial charge in [-0.2, -0.15) is 21.1 Å². The van der Waals surface area contributed by atoms with Crippen LogP contribution in [-0.2, 0) is 43.1 Å². The van der Waals surface area contributed by atoms with E-state index in [9.17, 15) is 64.7 Å². The molecule has 0 fully saturated rings. The first-order chi connectivity index (χ1) is 19.8. The Morgan fingerprint density at radius 3 is 1.26 bits per heavy atom. The smallest absolute Gasteiger partial charge is 0.282 e. The molecular formula is C22H20N4O14S3. The molecule has 0 amide bonds. The molecular weight excluding hydrogens is 640 g/mol. The standard InChI is InChI=1S/C22H20N4O14S3/c27-24(28)17-1-5-20(6-2-17)41(33,34)23(11-9-15-13-18(25(29)30)3-7-21(15)42(35,36)37)12-10-16-14-19(26(31)32)4-8-22(16)43(38,39)40/h1-8,13-14H,9-12H2,(H,35,36,37)(H,38,39,40). The Morgan fingerprint density at radius 2 is 0.930 bits per heavy atom. The van der Waals surface area contributed by atoms with Crippen LogP contribution in [0, 0.1) is 30.3 Å². The Kier molecular flexibility index (Phi) is 9.58. The number of non-ortho nitro benzene ring substituents is 3. The monoisotopic (exact) mass is 660 g/mol. The van der Waals surface area contributed by atoms with E-state index in [1.54, 1.807) is 0 Å².